The number of fused-ring (bicyclic) bond motifs is 1. The van der Waals surface area contributed by atoms with Gasteiger partial charge in [0.1, 0.15) is 11.4 Å². The van der Waals surface area contributed by atoms with Gasteiger partial charge in [0, 0.05) is 6.20 Å². The number of carbonyl (C=O) groups is 1. The quantitative estimate of drug-likeness (QED) is 0.405. The SMILES string of the molecule is Nc1nc2c(c(=O)[nH]1)NC(C(=O)O)=CN2. The van der Waals surface area contributed by atoms with Crippen LogP contribution in [0.3, 0.4) is 0 Å². The highest BCUT2D eigenvalue weighted by molar-refractivity contribution is 5.93. The van der Waals surface area contributed by atoms with Crippen molar-refractivity contribution in [1.82, 2.24) is 9.97 Å². The zero-order chi connectivity index (χ0) is 11.0. The van der Waals surface area contributed by atoms with E-state index in [9.17, 15) is 9.59 Å². The number of nitrogens with two attached hydrogens (primary N) is 1. The van der Waals surface area contributed by atoms with Gasteiger partial charge in [-0.3, -0.25) is 9.78 Å². The molecule has 1 aromatic rings. The lowest BCUT2D eigenvalue weighted by Crippen LogP contribution is -2.25. The van der Waals surface area contributed by atoms with Crippen LogP contribution in [0.5, 0.6) is 0 Å². The lowest BCUT2D eigenvalue weighted by Gasteiger charge is -2.15. The Labute approximate surface area is 82.8 Å². The molecule has 0 bridgehead atoms. The molecular formula is C7H7N5O3. The summed E-state index contributed by atoms with van der Waals surface area (Å²) >= 11 is 0. The zero-order valence-electron chi connectivity index (χ0n) is 7.37. The number of rotatable bonds is 1. The van der Waals surface area contributed by atoms with Gasteiger partial charge < -0.3 is 21.5 Å². The summed E-state index contributed by atoms with van der Waals surface area (Å²) in [4.78, 5) is 28.0. The largest absolute Gasteiger partial charge is 0.477 e. The van der Waals surface area contributed by atoms with Gasteiger partial charge >= 0.3 is 5.97 Å². The number of aliphatic carboxylic acids is 1. The molecule has 0 saturated carbocycles. The third-order valence-electron chi connectivity index (χ3n) is 1.78. The molecule has 2 rings (SSSR count). The number of hydrogen-bond donors (Lipinski definition) is 5. The van der Waals surface area contributed by atoms with E-state index in [1.807, 2.05) is 0 Å². The molecule has 0 amide bonds. The number of carboxylic acid groups (broad SMARTS) is 1. The van der Waals surface area contributed by atoms with Crippen molar-refractivity contribution in [3.63, 3.8) is 0 Å². The number of H-pyrrole nitrogens is 1. The van der Waals surface area contributed by atoms with Gasteiger partial charge in [-0.15, -0.1) is 0 Å². The van der Waals surface area contributed by atoms with Crippen molar-refractivity contribution >= 4 is 23.4 Å². The Bertz CT molecular complexity index is 518. The molecule has 0 aromatic carbocycles. The van der Waals surface area contributed by atoms with Crippen LogP contribution in [-0.4, -0.2) is 21.0 Å². The maximum atomic E-state index is 11.4. The maximum absolute atomic E-state index is 11.4. The van der Waals surface area contributed by atoms with Crippen LogP contribution in [0.2, 0.25) is 0 Å². The number of nitrogens with zero attached hydrogens (tertiary/aromatic N) is 1. The molecule has 1 aromatic heterocycles. The number of nitrogen functional groups attached to an aromatic ring is 1. The summed E-state index contributed by atoms with van der Waals surface area (Å²) in [5.74, 6) is -1.02. The van der Waals surface area contributed by atoms with E-state index in [0.717, 1.165) is 0 Å². The predicted octanol–water partition coefficient (Wildman–Crippen LogP) is -0.885. The van der Waals surface area contributed by atoms with E-state index in [4.69, 9.17) is 10.8 Å². The molecule has 0 radical (unpaired) electrons. The second-order valence-corrected chi connectivity index (χ2v) is 2.81. The highest BCUT2D eigenvalue weighted by atomic mass is 16.4. The van der Waals surface area contributed by atoms with Crippen LogP contribution < -0.4 is 21.9 Å². The first kappa shape index (κ1) is 9.06. The van der Waals surface area contributed by atoms with E-state index < -0.39 is 11.5 Å². The van der Waals surface area contributed by atoms with E-state index in [1.54, 1.807) is 0 Å². The minimum atomic E-state index is -1.18. The average Bonchev–Trinajstić information content (AvgIpc) is 2.16. The van der Waals surface area contributed by atoms with Gasteiger partial charge in [0.2, 0.25) is 5.95 Å². The molecule has 1 aliphatic heterocycles. The molecule has 1 aliphatic rings. The van der Waals surface area contributed by atoms with E-state index in [-0.39, 0.29) is 23.2 Å². The van der Waals surface area contributed by atoms with Crippen LogP contribution in [-0.2, 0) is 4.79 Å². The second-order valence-electron chi connectivity index (χ2n) is 2.81. The Kier molecular flexibility index (Phi) is 1.82. The van der Waals surface area contributed by atoms with Crippen molar-refractivity contribution < 1.29 is 9.90 Å². The number of aromatic amines is 1. The first-order valence-corrected chi connectivity index (χ1v) is 3.95. The van der Waals surface area contributed by atoms with Crippen LogP contribution >= 0.6 is 0 Å². The monoisotopic (exact) mass is 209 g/mol. The summed E-state index contributed by atoms with van der Waals surface area (Å²) in [6, 6.07) is 0. The molecule has 2 heterocycles. The maximum Gasteiger partial charge on any atom is 0.353 e. The molecule has 0 aliphatic carbocycles. The smallest absolute Gasteiger partial charge is 0.353 e. The Morgan fingerprint density at radius 2 is 2.27 bits per heavy atom. The van der Waals surface area contributed by atoms with Gasteiger partial charge in [-0.2, -0.15) is 4.98 Å². The van der Waals surface area contributed by atoms with Gasteiger partial charge in [-0.1, -0.05) is 0 Å². The first-order valence-electron chi connectivity index (χ1n) is 3.95. The molecule has 15 heavy (non-hydrogen) atoms. The summed E-state index contributed by atoms with van der Waals surface area (Å²) in [7, 11) is 0. The summed E-state index contributed by atoms with van der Waals surface area (Å²) in [6.07, 6.45) is 1.19. The van der Waals surface area contributed by atoms with Gasteiger partial charge in [0.05, 0.1) is 0 Å². The zero-order valence-corrected chi connectivity index (χ0v) is 7.37. The third-order valence-corrected chi connectivity index (χ3v) is 1.78. The van der Waals surface area contributed by atoms with E-state index >= 15 is 0 Å². The van der Waals surface area contributed by atoms with E-state index in [2.05, 4.69) is 20.6 Å². The van der Waals surface area contributed by atoms with E-state index in [1.165, 1.54) is 6.20 Å². The predicted molar refractivity (Wildman–Crippen MR) is 52.2 cm³/mol. The molecule has 78 valence electrons. The molecule has 0 atom stereocenters. The number of carboxylic acids is 1. The van der Waals surface area contributed by atoms with Gasteiger partial charge in [0.15, 0.2) is 5.82 Å². The van der Waals surface area contributed by atoms with Crippen LogP contribution in [0.4, 0.5) is 17.5 Å². The molecule has 6 N–H and O–H groups in total. The highest BCUT2D eigenvalue weighted by Crippen LogP contribution is 2.20. The van der Waals surface area contributed by atoms with Crippen LogP contribution in [0.15, 0.2) is 16.7 Å². The number of nitrogens with one attached hydrogen (secondary N) is 3. The van der Waals surface area contributed by atoms with Crippen LogP contribution in [0.1, 0.15) is 0 Å². The van der Waals surface area contributed by atoms with Crippen molar-refractivity contribution in [1.29, 1.82) is 0 Å². The Hall–Kier alpha value is -2.51. The third kappa shape index (κ3) is 1.47. The van der Waals surface area contributed by atoms with Crippen LogP contribution in [0.25, 0.3) is 0 Å². The van der Waals surface area contributed by atoms with Gasteiger partial charge in [0.25, 0.3) is 5.56 Å². The number of hydrogen-bond acceptors (Lipinski definition) is 6. The molecule has 0 unspecified atom stereocenters. The summed E-state index contributed by atoms with van der Waals surface area (Å²) in [5.41, 5.74) is 4.67. The number of aromatic nitrogens is 2. The Morgan fingerprint density at radius 1 is 1.53 bits per heavy atom. The fourth-order valence-electron chi connectivity index (χ4n) is 1.14. The van der Waals surface area contributed by atoms with Crippen molar-refractivity contribution in [2.75, 3.05) is 16.4 Å². The lowest BCUT2D eigenvalue weighted by atomic mass is 10.3. The molecule has 0 spiro atoms. The standard InChI is InChI=1S/C7H7N5O3/c8-7-11-4-3(5(13)12-7)10-2(1-9-4)6(14)15/h1,10H,(H,14,15)(H4,8,9,11,12,13). The fourth-order valence-corrected chi connectivity index (χ4v) is 1.14. The Morgan fingerprint density at radius 3 is 2.93 bits per heavy atom. The molecular weight excluding hydrogens is 202 g/mol. The van der Waals surface area contributed by atoms with Crippen molar-refractivity contribution in [2.24, 2.45) is 0 Å². The minimum Gasteiger partial charge on any atom is -0.477 e. The molecule has 8 heteroatoms. The summed E-state index contributed by atoms with van der Waals surface area (Å²) in [5, 5.41) is 13.7. The van der Waals surface area contributed by atoms with Gasteiger partial charge in [-0.25, -0.2) is 4.79 Å². The van der Waals surface area contributed by atoms with Crippen molar-refractivity contribution in [2.45, 2.75) is 0 Å². The summed E-state index contributed by atoms with van der Waals surface area (Å²) in [6.45, 7) is 0. The topological polar surface area (TPSA) is 133 Å². The second kappa shape index (κ2) is 3.01. The fraction of sp³-hybridized carbons (Fsp3) is 0. The molecule has 0 fully saturated rings. The highest BCUT2D eigenvalue weighted by Gasteiger charge is 2.19. The first-order chi connectivity index (χ1) is 7.08. The van der Waals surface area contributed by atoms with E-state index in [0.29, 0.717) is 0 Å². The lowest BCUT2D eigenvalue weighted by molar-refractivity contribution is -0.132. The number of anilines is 3. The Balaban J connectivity index is 2.48. The normalized spacial score (nSPS) is 13.2. The van der Waals surface area contributed by atoms with Crippen LogP contribution in [0, 0.1) is 0 Å². The van der Waals surface area contributed by atoms with Crippen molar-refractivity contribution in [3.05, 3.63) is 22.3 Å². The average molecular weight is 209 g/mol. The minimum absolute atomic E-state index is 0.0316. The molecule has 0 saturated heterocycles. The van der Waals surface area contributed by atoms with Gasteiger partial charge in [-0.05, 0) is 0 Å². The van der Waals surface area contributed by atoms with Crippen molar-refractivity contribution in [3.8, 4) is 0 Å². The molecule has 8 nitrogen and oxygen atoms in total. The summed E-state index contributed by atoms with van der Waals surface area (Å²) < 4.78 is 0.